The molecule has 1 aromatic carbocycles. The molecule has 20 heavy (non-hydrogen) atoms. The van der Waals surface area contributed by atoms with E-state index in [1.165, 1.54) is 13.0 Å². The first-order chi connectivity index (χ1) is 9.36. The number of benzene rings is 1. The van der Waals surface area contributed by atoms with E-state index in [1.807, 2.05) is 0 Å². The summed E-state index contributed by atoms with van der Waals surface area (Å²) in [6.45, 7) is 1.37. The third-order valence-corrected chi connectivity index (χ3v) is 3.45. The van der Waals surface area contributed by atoms with Crippen molar-refractivity contribution in [2.45, 2.75) is 13.0 Å². The summed E-state index contributed by atoms with van der Waals surface area (Å²) in [7, 11) is 0. The first-order valence-electron chi connectivity index (χ1n) is 5.92. The van der Waals surface area contributed by atoms with E-state index in [2.05, 4.69) is 5.32 Å². The normalized spacial score (nSPS) is 25.4. The van der Waals surface area contributed by atoms with Crippen LogP contribution in [0.2, 0.25) is 0 Å². The Morgan fingerprint density at radius 1 is 1.45 bits per heavy atom. The lowest BCUT2D eigenvalue weighted by Crippen LogP contribution is -2.49. The quantitative estimate of drug-likeness (QED) is 0.874. The molecule has 0 saturated carbocycles. The minimum absolute atomic E-state index is 0.00543. The Bertz CT molecular complexity index is 563. The highest BCUT2D eigenvalue weighted by Crippen LogP contribution is 2.29. The number of carboxylic acids is 1. The van der Waals surface area contributed by atoms with Crippen molar-refractivity contribution < 1.29 is 28.2 Å². The van der Waals surface area contributed by atoms with Crippen molar-refractivity contribution in [1.82, 2.24) is 5.32 Å². The number of carbonyl (C=O) groups excluding carboxylic acids is 1. The molecule has 2 rings (SSSR count). The smallest absolute Gasteiger partial charge is 0.313 e. The molecule has 0 spiro atoms. The van der Waals surface area contributed by atoms with Gasteiger partial charge in [-0.05, 0) is 19.1 Å². The van der Waals surface area contributed by atoms with Crippen molar-refractivity contribution in [3.05, 3.63) is 35.4 Å². The molecule has 1 saturated heterocycles. The fourth-order valence-electron chi connectivity index (χ4n) is 2.00. The Hall–Kier alpha value is -2.02. The second-order valence-electron chi connectivity index (χ2n) is 4.87. The predicted octanol–water partition coefficient (Wildman–Crippen LogP) is 1.18. The largest absolute Gasteiger partial charge is 0.481 e. The average molecular weight is 285 g/mol. The van der Waals surface area contributed by atoms with E-state index in [0.717, 1.165) is 12.1 Å². The highest BCUT2D eigenvalue weighted by atomic mass is 19.2. The molecule has 1 amide bonds. The van der Waals surface area contributed by atoms with Gasteiger partial charge >= 0.3 is 5.97 Å². The van der Waals surface area contributed by atoms with Crippen molar-refractivity contribution >= 4 is 11.9 Å². The van der Waals surface area contributed by atoms with E-state index in [4.69, 9.17) is 9.84 Å². The zero-order valence-electron chi connectivity index (χ0n) is 10.7. The maximum atomic E-state index is 13.5. The molecule has 1 heterocycles. The number of rotatable bonds is 3. The van der Waals surface area contributed by atoms with E-state index in [0.29, 0.717) is 0 Å². The summed E-state index contributed by atoms with van der Waals surface area (Å²) in [4.78, 5) is 23.1. The molecule has 1 aliphatic heterocycles. The number of carbonyl (C=O) groups is 2. The monoisotopic (exact) mass is 285 g/mol. The zero-order valence-corrected chi connectivity index (χ0v) is 10.7. The number of hydrogen-bond acceptors (Lipinski definition) is 3. The molecular formula is C13H13F2NO4. The van der Waals surface area contributed by atoms with Crippen molar-refractivity contribution in [3.8, 4) is 0 Å². The molecule has 108 valence electrons. The van der Waals surface area contributed by atoms with Gasteiger partial charge in [0.15, 0.2) is 11.6 Å². The van der Waals surface area contributed by atoms with Crippen LogP contribution in [0.4, 0.5) is 8.78 Å². The Balaban J connectivity index is 2.20. The Labute approximate surface area is 113 Å². The predicted molar refractivity (Wildman–Crippen MR) is 64.2 cm³/mol. The molecule has 7 heteroatoms. The minimum Gasteiger partial charge on any atom is -0.481 e. The van der Waals surface area contributed by atoms with Gasteiger partial charge in [-0.15, -0.1) is 0 Å². The first-order valence-corrected chi connectivity index (χ1v) is 5.92. The van der Waals surface area contributed by atoms with E-state index in [1.54, 1.807) is 0 Å². The van der Waals surface area contributed by atoms with Gasteiger partial charge in [0, 0.05) is 0 Å². The summed E-state index contributed by atoms with van der Waals surface area (Å²) in [5, 5.41) is 11.5. The lowest BCUT2D eigenvalue weighted by Gasteiger charge is -2.25. The molecular weight excluding hydrogens is 272 g/mol. The van der Waals surface area contributed by atoms with Crippen LogP contribution in [0.15, 0.2) is 18.2 Å². The third-order valence-electron chi connectivity index (χ3n) is 3.45. The van der Waals surface area contributed by atoms with Gasteiger partial charge in [0.2, 0.25) is 0 Å². The topological polar surface area (TPSA) is 75.6 Å². The van der Waals surface area contributed by atoms with Gasteiger partial charge in [0.25, 0.3) is 5.91 Å². The fraction of sp³-hybridized carbons (Fsp3) is 0.385. The molecule has 0 bridgehead atoms. The van der Waals surface area contributed by atoms with E-state index < -0.39 is 40.5 Å². The van der Waals surface area contributed by atoms with Gasteiger partial charge in [-0.25, -0.2) is 8.78 Å². The molecule has 0 aliphatic carbocycles. The van der Waals surface area contributed by atoms with E-state index >= 15 is 0 Å². The number of aliphatic carboxylic acids is 1. The summed E-state index contributed by atoms with van der Waals surface area (Å²) in [5.41, 5.74) is -1.76. The summed E-state index contributed by atoms with van der Waals surface area (Å²) >= 11 is 0. The van der Waals surface area contributed by atoms with Crippen molar-refractivity contribution in [1.29, 1.82) is 0 Å². The molecule has 2 N–H and O–H groups in total. The van der Waals surface area contributed by atoms with E-state index in [9.17, 15) is 18.4 Å². The Kier molecular flexibility index (Phi) is 3.71. The van der Waals surface area contributed by atoms with Gasteiger partial charge < -0.3 is 15.2 Å². The number of ether oxygens (including phenoxy) is 1. The van der Waals surface area contributed by atoms with E-state index in [-0.39, 0.29) is 13.2 Å². The number of carboxylic acid groups (broad SMARTS) is 1. The minimum atomic E-state index is -1.29. The summed E-state index contributed by atoms with van der Waals surface area (Å²) in [5.74, 6) is -4.40. The number of hydrogen-bond donors (Lipinski definition) is 2. The summed E-state index contributed by atoms with van der Waals surface area (Å²) < 4.78 is 31.6. The standard InChI is InChI=1S/C13H13F2NO4/c1-13(12(18)19)6-20-5-9(13)16-11(17)7-3-2-4-8(14)10(7)15/h2-4,9H,5-6H2,1H3,(H,16,17)(H,18,19). The van der Waals surface area contributed by atoms with Crippen LogP contribution in [-0.2, 0) is 9.53 Å². The van der Waals surface area contributed by atoms with Gasteiger partial charge in [-0.3, -0.25) is 9.59 Å². The molecule has 2 atom stereocenters. The van der Waals surface area contributed by atoms with Crippen LogP contribution in [0.25, 0.3) is 0 Å². The molecule has 1 aromatic rings. The number of nitrogens with one attached hydrogen (secondary N) is 1. The zero-order chi connectivity index (χ0) is 14.9. The SMILES string of the molecule is CC1(C(=O)O)COCC1NC(=O)c1cccc(F)c1F. The summed E-state index contributed by atoms with van der Waals surface area (Å²) in [6, 6.07) is 2.41. The van der Waals surface area contributed by atoms with Crippen LogP contribution in [0.3, 0.4) is 0 Å². The molecule has 5 nitrogen and oxygen atoms in total. The Morgan fingerprint density at radius 2 is 2.15 bits per heavy atom. The van der Waals surface area contributed by atoms with Crippen LogP contribution < -0.4 is 5.32 Å². The fourth-order valence-corrected chi connectivity index (χ4v) is 2.00. The van der Waals surface area contributed by atoms with Crippen LogP contribution in [-0.4, -0.2) is 36.2 Å². The maximum absolute atomic E-state index is 13.5. The second kappa shape index (κ2) is 5.16. The van der Waals surface area contributed by atoms with Crippen molar-refractivity contribution in [2.75, 3.05) is 13.2 Å². The van der Waals surface area contributed by atoms with Gasteiger partial charge in [-0.2, -0.15) is 0 Å². The third kappa shape index (κ3) is 2.36. The average Bonchev–Trinajstić information content (AvgIpc) is 2.75. The van der Waals surface area contributed by atoms with Gasteiger partial charge in [-0.1, -0.05) is 6.07 Å². The number of halogens is 2. The number of amides is 1. The van der Waals surface area contributed by atoms with Crippen LogP contribution >= 0.6 is 0 Å². The first kappa shape index (κ1) is 14.4. The lowest BCUT2D eigenvalue weighted by molar-refractivity contribution is -0.148. The highest BCUT2D eigenvalue weighted by molar-refractivity contribution is 5.95. The van der Waals surface area contributed by atoms with Crippen LogP contribution in [0, 0.1) is 17.0 Å². The summed E-state index contributed by atoms with van der Waals surface area (Å²) in [6.07, 6.45) is 0. The van der Waals surface area contributed by atoms with Gasteiger partial charge in [0.1, 0.15) is 5.41 Å². The molecule has 2 unspecified atom stereocenters. The maximum Gasteiger partial charge on any atom is 0.313 e. The van der Waals surface area contributed by atoms with Crippen LogP contribution in [0.5, 0.6) is 0 Å². The van der Waals surface area contributed by atoms with Crippen molar-refractivity contribution in [2.24, 2.45) is 5.41 Å². The molecule has 0 radical (unpaired) electrons. The molecule has 1 aliphatic rings. The highest BCUT2D eigenvalue weighted by Gasteiger charge is 2.47. The van der Waals surface area contributed by atoms with Gasteiger partial charge in [0.05, 0.1) is 24.8 Å². The van der Waals surface area contributed by atoms with Crippen LogP contribution in [0.1, 0.15) is 17.3 Å². The second-order valence-corrected chi connectivity index (χ2v) is 4.87. The molecule has 0 aromatic heterocycles. The Morgan fingerprint density at radius 3 is 2.80 bits per heavy atom. The molecule has 1 fully saturated rings. The van der Waals surface area contributed by atoms with Crippen molar-refractivity contribution in [3.63, 3.8) is 0 Å². The lowest BCUT2D eigenvalue weighted by atomic mass is 9.85.